The normalized spacial score (nSPS) is 11.1. The Morgan fingerprint density at radius 2 is 0.857 bits per heavy atom. The van der Waals surface area contributed by atoms with Crippen molar-refractivity contribution in [3.63, 3.8) is 0 Å². The molecule has 21 heavy (non-hydrogen) atoms. The van der Waals surface area contributed by atoms with Crippen molar-refractivity contribution in [1.82, 2.24) is 10.6 Å². The largest absolute Gasteiger partial charge is 3.00 e. The molecule has 0 amide bonds. The number of hydrogen-bond donors (Lipinski definition) is 5. The predicted molar refractivity (Wildman–Crippen MR) is 97.8 cm³/mol. The van der Waals surface area contributed by atoms with Gasteiger partial charge in [0.1, 0.15) is 0 Å². The molecular formula is C11H35Cl3N3O3Ti. The first-order chi connectivity index (χ1) is 7.50. The Labute approximate surface area is 165 Å². The topological polar surface area (TPSA) is 98.9 Å². The van der Waals surface area contributed by atoms with Crippen molar-refractivity contribution in [3.05, 3.63) is 20.2 Å². The molecule has 10 heteroatoms. The van der Waals surface area contributed by atoms with E-state index in [-0.39, 0.29) is 73.8 Å². The number of aliphatic hydroxyl groups excluding tert-OH is 3. The number of halogens is 3. The van der Waals surface area contributed by atoms with Crippen LogP contribution >= 0.6 is 37.2 Å². The summed E-state index contributed by atoms with van der Waals surface area (Å²) in [6, 6.07) is 0. The van der Waals surface area contributed by atoms with Gasteiger partial charge >= 0.3 is 21.7 Å². The molecule has 0 aliphatic carbocycles. The molecule has 1 saturated heterocycles. The molecule has 0 saturated carbocycles. The van der Waals surface area contributed by atoms with Crippen LogP contribution in [0.2, 0.25) is 0 Å². The van der Waals surface area contributed by atoms with Crippen LogP contribution in [0.15, 0.2) is 0 Å². The van der Waals surface area contributed by atoms with Crippen molar-refractivity contribution in [2.24, 2.45) is 0 Å². The van der Waals surface area contributed by atoms with Gasteiger partial charge in [0.25, 0.3) is 0 Å². The molecule has 5 N–H and O–H groups in total. The molecule has 1 aliphatic rings. The maximum Gasteiger partial charge on any atom is 3.00 e. The van der Waals surface area contributed by atoms with Crippen molar-refractivity contribution in [3.8, 4) is 0 Å². The van der Waals surface area contributed by atoms with Crippen LogP contribution in [-0.2, 0) is 21.7 Å². The molecule has 1 radical (unpaired) electrons. The fraction of sp³-hybridized carbons (Fsp3) is 0.818. The molecule has 0 bridgehead atoms. The van der Waals surface area contributed by atoms with E-state index in [4.69, 9.17) is 15.3 Å². The van der Waals surface area contributed by atoms with Crippen LogP contribution in [0.1, 0.15) is 0 Å². The first-order valence-electron chi connectivity index (χ1n) is 4.89. The average Bonchev–Trinajstić information content (AvgIpc) is 2.52. The zero-order valence-corrected chi connectivity index (χ0v) is 17.8. The quantitative estimate of drug-likeness (QED) is 0.296. The minimum absolute atomic E-state index is 0. The van der Waals surface area contributed by atoms with Crippen LogP contribution in [0.25, 0.3) is 5.32 Å². The van der Waals surface area contributed by atoms with Gasteiger partial charge in [-0.25, -0.2) is 0 Å². The van der Waals surface area contributed by atoms with Gasteiger partial charge in [-0.1, -0.05) is 0 Å². The van der Waals surface area contributed by atoms with E-state index >= 15 is 0 Å². The van der Waals surface area contributed by atoms with Crippen LogP contribution in [0, 0.1) is 14.9 Å². The van der Waals surface area contributed by atoms with Gasteiger partial charge in [-0.3, -0.25) is 0 Å². The Kier molecular flexibility index (Phi) is 225. The van der Waals surface area contributed by atoms with Crippen molar-refractivity contribution >= 4 is 37.2 Å². The molecule has 1 heterocycles. The van der Waals surface area contributed by atoms with E-state index in [0.29, 0.717) is 0 Å². The van der Waals surface area contributed by atoms with E-state index in [1.807, 2.05) is 0 Å². The summed E-state index contributed by atoms with van der Waals surface area (Å²) in [5, 5.41) is 31.8. The first kappa shape index (κ1) is 57.2. The Bertz CT molecular complexity index is 68.4. The molecule has 1 fully saturated rings. The first-order valence-corrected chi connectivity index (χ1v) is 4.89. The second-order valence-corrected chi connectivity index (χ2v) is 2.17. The second-order valence-electron chi connectivity index (χ2n) is 2.17. The molecule has 0 aromatic rings. The predicted octanol–water partition coefficient (Wildman–Crippen LogP) is 0.542. The van der Waals surface area contributed by atoms with Crippen molar-refractivity contribution in [1.29, 1.82) is 0 Å². The van der Waals surface area contributed by atoms with Crippen molar-refractivity contribution < 1.29 is 37.0 Å². The van der Waals surface area contributed by atoms with Crippen LogP contribution in [0.5, 0.6) is 0 Å². The number of hydrogen-bond acceptors (Lipinski definition) is 5. The molecule has 6 nitrogen and oxygen atoms in total. The van der Waals surface area contributed by atoms with E-state index in [9.17, 15) is 0 Å². The summed E-state index contributed by atoms with van der Waals surface area (Å²) in [4.78, 5) is 0. The fourth-order valence-corrected chi connectivity index (χ4v) is 0.855. The summed E-state index contributed by atoms with van der Waals surface area (Å²) < 4.78 is 0. The van der Waals surface area contributed by atoms with Crippen LogP contribution < -0.4 is 10.6 Å². The monoisotopic (exact) mass is 410 g/mol. The molecule has 1 aliphatic heterocycles. The summed E-state index contributed by atoms with van der Waals surface area (Å²) >= 11 is 0. The van der Waals surface area contributed by atoms with Crippen LogP contribution in [-0.4, -0.2) is 75.9 Å². The van der Waals surface area contributed by atoms with Crippen molar-refractivity contribution in [2.45, 2.75) is 0 Å². The molecule has 0 atom stereocenters. The number of nitrogens with zero attached hydrogens (tertiary/aromatic N) is 1. The van der Waals surface area contributed by atoms with E-state index in [2.05, 4.69) is 16.0 Å². The third kappa shape index (κ3) is 74.6. The van der Waals surface area contributed by atoms with Gasteiger partial charge in [0.05, 0.1) is 0 Å². The molecule has 0 unspecified atom stereocenters. The SMILES string of the molecule is C1CNCCNCC[N-]1.CO.CO.CO.Cl.Cl.Cl.[CH3-].[CH3-].[Ti+3]. The number of rotatable bonds is 0. The molecule has 137 valence electrons. The Morgan fingerprint density at radius 1 is 0.619 bits per heavy atom. The van der Waals surface area contributed by atoms with Gasteiger partial charge in [-0.15, -0.1) is 50.3 Å². The molecule has 0 spiro atoms. The summed E-state index contributed by atoms with van der Waals surface area (Å²) in [7, 11) is 3.00. The van der Waals surface area contributed by atoms with E-state index in [0.717, 1.165) is 60.6 Å². The zero-order chi connectivity index (χ0) is 12.4. The molecule has 0 aromatic carbocycles. The standard InChI is InChI=1S/C6H14N3.3CH4O.2CH3.3ClH.Ti/c1-2-8-5-6-9-4-3-7-1;3*1-2;;;;;;/h7-8H,1-6H2;3*2H,1H3;2*1H3;3*1H;/q-1;;;;2*-1;;;;+3. The summed E-state index contributed by atoms with van der Waals surface area (Å²) in [5.74, 6) is 0. The van der Waals surface area contributed by atoms with Gasteiger partial charge in [-0.05, 0) is 13.1 Å². The third-order valence-corrected chi connectivity index (χ3v) is 1.37. The number of nitrogens with one attached hydrogen (secondary N) is 2. The summed E-state index contributed by atoms with van der Waals surface area (Å²) in [6.45, 7) is 6.19. The maximum absolute atomic E-state index is 7.00. The zero-order valence-electron chi connectivity index (χ0n) is 13.8. The minimum atomic E-state index is 0. The molecular weight excluding hydrogens is 376 g/mol. The van der Waals surface area contributed by atoms with Gasteiger partial charge < -0.3 is 46.1 Å². The van der Waals surface area contributed by atoms with Gasteiger partial charge in [-0.2, -0.15) is 0 Å². The third-order valence-electron chi connectivity index (χ3n) is 1.37. The van der Waals surface area contributed by atoms with Crippen LogP contribution in [0.3, 0.4) is 0 Å². The Balaban J connectivity index is -0.0000000156. The van der Waals surface area contributed by atoms with E-state index < -0.39 is 0 Å². The molecule has 0 aromatic heterocycles. The van der Waals surface area contributed by atoms with E-state index in [1.165, 1.54) is 0 Å². The van der Waals surface area contributed by atoms with Gasteiger partial charge in [0.15, 0.2) is 0 Å². The second kappa shape index (κ2) is 82.6. The maximum atomic E-state index is 7.00. The number of aliphatic hydroxyl groups is 3. The smallest absolute Gasteiger partial charge is 0.660 e. The summed E-state index contributed by atoms with van der Waals surface area (Å²) in [6.07, 6.45) is 0. The van der Waals surface area contributed by atoms with Gasteiger partial charge in [0, 0.05) is 34.4 Å². The fourth-order valence-electron chi connectivity index (χ4n) is 0.855. The molecule has 1 rings (SSSR count). The van der Waals surface area contributed by atoms with Crippen molar-refractivity contribution in [2.75, 3.05) is 60.6 Å². The minimum Gasteiger partial charge on any atom is -0.660 e. The summed E-state index contributed by atoms with van der Waals surface area (Å²) in [5.41, 5.74) is 0. The average molecular weight is 412 g/mol. The van der Waals surface area contributed by atoms with E-state index in [1.54, 1.807) is 0 Å². The Morgan fingerprint density at radius 3 is 1.10 bits per heavy atom. The Hall–Kier alpha value is 1.34. The van der Waals surface area contributed by atoms with Crippen LogP contribution in [0.4, 0.5) is 0 Å². The van der Waals surface area contributed by atoms with Gasteiger partial charge in [0.2, 0.25) is 0 Å².